The number of halogens is 2. The summed E-state index contributed by atoms with van der Waals surface area (Å²) in [4.78, 5) is 11.9. The average Bonchev–Trinajstić information content (AvgIpc) is 2.58. The van der Waals surface area contributed by atoms with E-state index in [1.165, 1.54) is 6.21 Å². The molecule has 0 saturated heterocycles. The second kappa shape index (κ2) is 8.34. The zero-order valence-corrected chi connectivity index (χ0v) is 14.2. The smallest absolute Gasteiger partial charge is 0.280 e. The Labute approximate surface area is 149 Å². The molecule has 24 heavy (non-hydrogen) atoms. The largest absolute Gasteiger partial charge is 0.481 e. The Kier molecular flexibility index (Phi) is 6.19. The summed E-state index contributed by atoms with van der Waals surface area (Å²) < 4.78 is 5.48. The molecule has 0 spiro atoms. The van der Waals surface area contributed by atoms with Crippen LogP contribution in [0.1, 0.15) is 18.1 Å². The van der Waals surface area contributed by atoms with Gasteiger partial charge in [-0.2, -0.15) is 10.4 Å². The lowest BCUT2D eigenvalue weighted by Crippen LogP contribution is -2.33. The first-order chi connectivity index (χ1) is 11.5. The van der Waals surface area contributed by atoms with Gasteiger partial charge in [-0.15, -0.1) is 0 Å². The Morgan fingerprint density at radius 2 is 1.96 bits per heavy atom. The summed E-state index contributed by atoms with van der Waals surface area (Å²) in [7, 11) is 0. The van der Waals surface area contributed by atoms with Gasteiger partial charge in [0, 0.05) is 0 Å². The number of hydrogen-bond acceptors (Lipinski definition) is 4. The number of carbonyl (C=O) groups is 1. The van der Waals surface area contributed by atoms with E-state index in [-0.39, 0.29) is 0 Å². The van der Waals surface area contributed by atoms with Crippen LogP contribution in [0, 0.1) is 11.3 Å². The first-order valence-corrected chi connectivity index (χ1v) is 7.70. The van der Waals surface area contributed by atoms with Crippen LogP contribution in [0.3, 0.4) is 0 Å². The predicted octanol–water partition coefficient (Wildman–Crippen LogP) is 3.78. The molecule has 2 aromatic carbocycles. The normalized spacial score (nSPS) is 11.8. The molecule has 1 amide bonds. The van der Waals surface area contributed by atoms with Crippen LogP contribution in [0.5, 0.6) is 5.75 Å². The summed E-state index contributed by atoms with van der Waals surface area (Å²) in [6, 6.07) is 13.5. The number of ether oxygens (including phenoxy) is 1. The molecule has 2 aromatic rings. The van der Waals surface area contributed by atoms with Crippen LogP contribution in [0.2, 0.25) is 10.0 Å². The summed E-state index contributed by atoms with van der Waals surface area (Å²) in [5.74, 6) is 0.0841. The van der Waals surface area contributed by atoms with E-state index in [4.69, 9.17) is 33.2 Å². The molecular formula is C17H13Cl2N3O2. The van der Waals surface area contributed by atoms with Crippen LogP contribution in [-0.4, -0.2) is 18.2 Å². The first-order valence-electron chi connectivity index (χ1n) is 6.94. The summed E-state index contributed by atoms with van der Waals surface area (Å²) in [5, 5.41) is 13.4. The molecule has 1 N–H and O–H groups in total. The van der Waals surface area contributed by atoms with Gasteiger partial charge in [0.2, 0.25) is 0 Å². The number of nitrogens with zero attached hydrogens (tertiary/aromatic N) is 2. The summed E-state index contributed by atoms with van der Waals surface area (Å²) >= 11 is 11.7. The number of nitrogens with one attached hydrogen (secondary N) is 1. The van der Waals surface area contributed by atoms with Gasteiger partial charge in [0.25, 0.3) is 5.91 Å². The van der Waals surface area contributed by atoms with Crippen molar-refractivity contribution in [2.75, 3.05) is 0 Å². The van der Waals surface area contributed by atoms with Crippen LogP contribution >= 0.6 is 23.2 Å². The number of hydrazone groups is 1. The standard InChI is InChI=1S/C17H13Cl2N3O2/c1-11(24-14-5-2-12(9-20)3-6-14)17(23)22-21-10-13-4-7-15(18)16(19)8-13/h2-8,10-11H,1H3,(H,22,23)/b21-10+. The fraction of sp³-hybridized carbons (Fsp3) is 0.118. The van der Waals surface area contributed by atoms with Crippen molar-refractivity contribution >= 4 is 35.3 Å². The molecular weight excluding hydrogens is 349 g/mol. The van der Waals surface area contributed by atoms with Gasteiger partial charge in [0.15, 0.2) is 6.10 Å². The quantitative estimate of drug-likeness (QED) is 0.650. The lowest BCUT2D eigenvalue weighted by atomic mass is 10.2. The Morgan fingerprint density at radius 1 is 1.25 bits per heavy atom. The molecule has 0 aliphatic heterocycles. The van der Waals surface area contributed by atoms with Crippen LogP contribution in [0.15, 0.2) is 47.6 Å². The minimum absolute atomic E-state index is 0.407. The highest BCUT2D eigenvalue weighted by molar-refractivity contribution is 6.42. The molecule has 0 aromatic heterocycles. The summed E-state index contributed by atoms with van der Waals surface area (Å²) in [5.41, 5.74) is 3.60. The van der Waals surface area contributed by atoms with E-state index < -0.39 is 12.0 Å². The number of nitriles is 1. The summed E-state index contributed by atoms with van der Waals surface area (Å²) in [6.07, 6.45) is 0.707. The van der Waals surface area contributed by atoms with E-state index in [9.17, 15) is 4.79 Å². The highest BCUT2D eigenvalue weighted by Crippen LogP contribution is 2.21. The maximum absolute atomic E-state index is 11.9. The number of amides is 1. The first kappa shape index (κ1) is 17.8. The van der Waals surface area contributed by atoms with E-state index in [1.807, 2.05) is 6.07 Å². The van der Waals surface area contributed by atoms with Gasteiger partial charge in [0.1, 0.15) is 5.75 Å². The molecule has 2 rings (SSSR count). The van der Waals surface area contributed by atoms with Crippen LogP contribution < -0.4 is 10.2 Å². The molecule has 7 heteroatoms. The van der Waals surface area contributed by atoms with Crippen LogP contribution in [0.4, 0.5) is 0 Å². The Morgan fingerprint density at radius 3 is 2.58 bits per heavy atom. The minimum Gasteiger partial charge on any atom is -0.481 e. The third-order valence-electron chi connectivity index (χ3n) is 3.00. The van der Waals surface area contributed by atoms with Crippen molar-refractivity contribution in [3.63, 3.8) is 0 Å². The van der Waals surface area contributed by atoms with E-state index in [1.54, 1.807) is 49.4 Å². The maximum atomic E-state index is 11.9. The molecule has 1 atom stereocenters. The number of hydrogen-bond donors (Lipinski definition) is 1. The fourth-order valence-electron chi connectivity index (χ4n) is 1.72. The Balaban J connectivity index is 1.89. The van der Waals surface area contributed by atoms with Crippen molar-refractivity contribution in [2.24, 2.45) is 5.10 Å². The van der Waals surface area contributed by atoms with Crippen molar-refractivity contribution in [3.05, 3.63) is 63.6 Å². The third kappa shape index (κ3) is 4.98. The SMILES string of the molecule is CC(Oc1ccc(C#N)cc1)C(=O)N/N=C/c1ccc(Cl)c(Cl)c1. The van der Waals surface area contributed by atoms with Gasteiger partial charge in [-0.05, 0) is 48.9 Å². The number of carbonyl (C=O) groups excluding carboxylic acids is 1. The van der Waals surface area contributed by atoms with E-state index >= 15 is 0 Å². The third-order valence-corrected chi connectivity index (χ3v) is 3.74. The summed E-state index contributed by atoms with van der Waals surface area (Å²) in [6.45, 7) is 1.60. The van der Waals surface area contributed by atoms with Crippen molar-refractivity contribution in [1.29, 1.82) is 5.26 Å². The molecule has 0 aliphatic carbocycles. The highest BCUT2D eigenvalue weighted by atomic mass is 35.5. The fourth-order valence-corrected chi connectivity index (χ4v) is 2.03. The van der Waals surface area contributed by atoms with Crippen molar-refractivity contribution in [2.45, 2.75) is 13.0 Å². The molecule has 0 bridgehead atoms. The molecule has 0 fully saturated rings. The van der Waals surface area contributed by atoms with Gasteiger partial charge in [-0.25, -0.2) is 5.43 Å². The number of rotatable bonds is 5. The van der Waals surface area contributed by atoms with Gasteiger partial charge in [-0.3, -0.25) is 4.79 Å². The second-order valence-corrected chi connectivity index (χ2v) is 5.62. The van der Waals surface area contributed by atoms with Crippen molar-refractivity contribution in [3.8, 4) is 11.8 Å². The topological polar surface area (TPSA) is 74.5 Å². The Bertz CT molecular complexity index is 798. The lowest BCUT2D eigenvalue weighted by Gasteiger charge is -2.12. The monoisotopic (exact) mass is 361 g/mol. The van der Waals surface area contributed by atoms with Crippen molar-refractivity contribution < 1.29 is 9.53 Å². The maximum Gasteiger partial charge on any atom is 0.280 e. The van der Waals surface area contributed by atoms with Gasteiger partial charge in [0.05, 0.1) is 27.9 Å². The predicted molar refractivity (Wildman–Crippen MR) is 93.4 cm³/mol. The zero-order chi connectivity index (χ0) is 17.5. The molecule has 0 aliphatic rings. The molecule has 1 unspecified atom stereocenters. The number of benzene rings is 2. The van der Waals surface area contributed by atoms with Crippen LogP contribution in [-0.2, 0) is 4.79 Å². The van der Waals surface area contributed by atoms with E-state index in [0.29, 0.717) is 26.9 Å². The van der Waals surface area contributed by atoms with Crippen LogP contribution in [0.25, 0.3) is 0 Å². The zero-order valence-electron chi connectivity index (χ0n) is 12.7. The van der Waals surface area contributed by atoms with E-state index in [0.717, 1.165) is 0 Å². The van der Waals surface area contributed by atoms with Gasteiger partial charge in [-0.1, -0.05) is 29.3 Å². The Hall–Kier alpha value is -2.55. The van der Waals surface area contributed by atoms with Gasteiger partial charge < -0.3 is 4.74 Å². The minimum atomic E-state index is -0.746. The van der Waals surface area contributed by atoms with E-state index in [2.05, 4.69) is 10.5 Å². The molecule has 0 heterocycles. The molecule has 0 radical (unpaired) electrons. The van der Waals surface area contributed by atoms with Crippen molar-refractivity contribution in [1.82, 2.24) is 5.43 Å². The second-order valence-electron chi connectivity index (χ2n) is 4.80. The highest BCUT2D eigenvalue weighted by Gasteiger charge is 2.13. The molecule has 5 nitrogen and oxygen atoms in total. The molecule has 0 saturated carbocycles. The lowest BCUT2D eigenvalue weighted by molar-refractivity contribution is -0.127. The average molecular weight is 362 g/mol. The molecule has 122 valence electrons. The van der Waals surface area contributed by atoms with Gasteiger partial charge >= 0.3 is 0 Å².